The van der Waals surface area contributed by atoms with Crippen LogP contribution in [0.5, 0.6) is 0 Å². The smallest absolute Gasteiger partial charge is 0.399 e. The summed E-state index contributed by atoms with van der Waals surface area (Å²) in [6.45, 7) is 4.04. The molecular formula is C20H22F3N7O2. The Kier molecular flexibility index (Phi) is 5.63. The van der Waals surface area contributed by atoms with Gasteiger partial charge in [-0.3, -0.25) is 4.79 Å². The molecule has 0 spiro atoms. The molecule has 32 heavy (non-hydrogen) atoms. The summed E-state index contributed by atoms with van der Waals surface area (Å²) >= 11 is 0. The van der Waals surface area contributed by atoms with Gasteiger partial charge in [-0.1, -0.05) is 0 Å². The molecule has 3 N–H and O–H groups in total. The minimum Gasteiger partial charge on any atom is -0.399 e. The molecule has 0 bridgehead atoms. The van der Waals surface area contributed by atoms with Crippen molar-refractivity contribution in [1.82, 2.24) is 20.0 Å². The van der Waals surface area contributed by atoms with Gasteiger partial charge in [0, 0.05) is 25.8 Å². The van der Waals surface area contributed by atoms with E-state index < -0.39 is 23.3 Å². The minimum atomic E-state index is -4.52. The molecule has 1 fully saturated rings. The molecule has 12 heteroatoms. The van der Waals surface area contributed by atoms with E-state index in [1.807, 2.05) is 4.90 Å². The third-order valence-electron chi connectivity index (χ3n) is 5.28. The molecule has 1 atom stereocenters. The van der Waals surface area contributed by atoms with Crippen LogP contribution in [0, 0.1) is 0 Å². The Morgan fingerprint density at radius 3 is 2.56 bits per heavy atom. The molecule has 1 aromatic carbocycles. The maximum Gasteiger partial charge on any atom is 0.416 e. The van der Waals surface area contributed by atoms with Gasteiger partial charge in [-0.15, -0.1) is 10.2 Å². The van der Waals surface area contributed by atoms with Gasteiger partial charge in [0.25, 0.3) is 5.56 Å². The van der Waals surface area contributed by atoms with Gasteiger partial charge in [-0.2, -0.15) is 18.3 Å². The van der Waals surface area contributed by atoms with Crippen LogP contribution in [-0.2, 0) is 18.0 Å². The molecule has 2 aromatic heterocycles. The quantitative estimate of drug-likeness (QED) is 0.584. The van der Waals surface area contributed by atoms with Crippen LogP contribution in [0.4, 0.5) is 30.5 Å². The van der Waals surface area contributed by atoms with E-state index in [2.05, 4.69) is 20.6 Å². The largest absolute Gasteiger partial charge is 0.416 e. The van der Waals surface area contributed by atoms with Gasteiger partial charge in [-0.25, -0.2) is 4.68 Å². The Labute approximate surface area is 181 Å². The Bertz CT molecular complexity index is 1210. The summed E-state index contributed by atoms with van der Waals surface area (Å²) in [6, 6.07) is 4.51. The van der Waals surface area contributed by atoms with Crippen molar-refractivity contribution in [2.24, 2.45) is 7.05 Å². The number of fused-ring (bicyclic) bond motifs is 1. The first-order valence-electron chi connectivity index (χ1n) is 9.95. The van der Waals surface area contributed by atoms with Gasteiger partial charge in [-0.05, 0) is 36.8 Å². The molecule has 1 aliphatic heterocycles. The zero-order chi connectivity index (χ0) is 23.0. The van der Waals surface area contributed by atoms with E-state index in [4.69, 9.17) is 10.5 Å². The fraction of sp³-hybridized carbons (Fsp3) is 0.400. The highest BCUT2D eigenvalue weighted by atomic mass is 19.4. The molecule has 9 nitrogen and oxygen atoms in total. The molecule has 0 saturated carbocycles. The zero-order valence-electron chi connectivity index (χ0n) is 17.5. The monoisotopic (exact) mass is 449 g/mol. The number of alkyl halides is 3. The number of hydrogen-bond acceptors (Lipinski definition) is 8. The van der Waals surface area contributed by atoms with Gasteiger partial charge in [0.15, 0.2) is 17.2 Å². The van der Waals surface area contributed by atoms with Gasteiger partial charge < -0.3 is 20.7 Å². The molecule has 170 valence electrons. The Hall–Kier alpha value is -3.41. The highest BCUT2D eigenvalue weighted by molar-refractivity contribution is 5.89. The highest BCUT2D eigenvalue weighted by Crippen LogP contribution is 2.33. The third kappa shape index (κ3) is 4.31. The van der Waals surface area contributed by atoms with Crippen molar-refractivity contribution >= 4 is 28.2 Å². The molecule has 3 heterocycles. The standard InChI is InChI=1S/C20H22F3N7O2/c1-11(12-7-13(20(21,22)23)9-14(24)8-12)25-18-15-10-16(30-3-5-32-6-4-30)26-27-17(15)19(31)29(2)28-18/h7-11H,3-6,24H2,1-2H3,(H,25,28)/t11-/m1/s1. The summed E-state index contributed by atoms with van der Waals surface area (Å²) in [5.41, 5.74) is 4.88. The predicted octanol–water partition coefficient (Wildman–Crippen LogP) is 2.33. The average molecular weight is 449 g/mol. The first kappa shape index (κ1) is 21.8. The van der Waals surface area contributed by atoms with Crippen LogP contribution in [0.15, 0.2) is 29.1 Å². The van der Waals surface area contributed by atoms with Gasteiger partial charge >= 0.3 is 6.18 Å². The van der Waals surface area contributed by atoms with E-state index >= 15 is 0 Å². The summed E-state index contributed by atoms with van der Waals surface area (Å²) in [6.07, 6.45) is -4.52. The number of hydrogen-bond donors (Lipinski definition) is 2. The topological polar surface area (TPSA) is 111 Å². The summed E-state index contributed by atoms with van der Waals surface area (Å²) in [4.78, 5) is 14.5. The average Bonchev–Trinajstić information content (AvgIpc) is 2.76. The number of nitrogens with two attached hydrogens (primary N) is 1. The number of aromatic nitrogens is 4. The molecule has 3 aromatic rings. The van der Waals surface area contributed by atoms with Crippen LogP contribution in [0.1, 0.15) is 24.1 Å². The molecule has 0 radical (unpaired) electrons. The van der Waals surface area contributed by atoms with Crippen molar-refractivity contribution in [3.63, 3.8) is 0 Å². The summed E-state index contributed by atoms with van der Waals surface area (Å²) in [5.74, 6) is 0.866. The SMILES string of the molecule is C[C@@H](Nc1nn(C)c(=O)c2nnc(N3CCOCC3)cc12)c1cc(N)cc(C(F)(F)F)c1. The molecule has 4 rings (SSSR count). The van der Waals surface area contributed by atoms with E-state index in [1.54, 1.807) is 13.0 Å². The van der Waals surface area contributed by atoms with Crippen molar-refractivity contribution in [3.8, 4) is 0 Å². The Morgan fingerprint density at radius 1 is 1.16 bits per heavy atom. The Balaban J connectivity index is 1.74. The Morgan fingerprint density at radius 2 is 1.88 bits per heavy atom. The number of rotatable bonds is 4. The number of halogens is 3. The molecule has 0 unspecified atom stereocenters. The predicted molar refractivity (Wildman–Crippen MR) is 114 cm³/mol. The van der Waals surface area contributed by atoms with Crippen LogP contribution in [0.2, 0.25) is 0 Å². The number of morpholine rings is 1. The second-order valence-electron chi connectivity index (χ2n) is 7.59. The maximum absolute atomic E-state index is 13.2. The van der Waals surface area contributed by atoms with E-state index in [-0.39, 0.29) is 11.2 Å². The number of ether oxygens (including phenoxy) is 1. The van der Waals surface area contributed by atoms with Gasteiger partial charge in [0.2, 0.25) is 0 Å². The lowest BCUT2D eigenvalue weighted by atomic mass is 10.0. The fourth-order valence-electron chi connectivity index (χ4n) is 3.55. The summed E-state index contributed by atoms with van der Waals surface area (Å²) < 4.78 is 46.1. The summed E-state index contributed by atoms with van der Waals surface area (Å²) in [5, 5.41) is 16.1. The molecule has 0 amide bonds. The van der Waals surface area contributed by atoms with E-state index in [9.17, 15) is 18.0 Å². The number of nitrogen functional groups attached to an aromatic ring is 1. The van der Waals surface area contributed by atoms with Crippen LogP contribution in [-0.4, -0.2) is 46.3 Å². The van der Waals surface area contributed by atoms with Crippen molar-refractivity contribution in [2.75, 3.05) is 42.3 Å². The lowest BCUT2D eigenvalue weighted by Crippen LogP contribution is -2.37. The van der Waals surface area contributed by atoms with E-state index in [0.29, 0.717) is 48.9 Å². The lowest BCUT2D eigenvalue weighted by molar-refractivity contribution is -0.137. The van der Waals surface area contributed by atoms with E-state index in [0.717, 1.165) is 16.8 Å². The van der Waals surface area contributed by atoms with Crippen molar-refractivity contribution in [3.05, 3.63) is 45.7 Å². The number of benzene rings is 1. The number of aryl methyl sites for hydroxylation is 1. The van der Waals surface area contributed by atoms with Crippen LogP contribution >= 0.6 is 0 Å². The van der Waals surface area contributed by atoms with Crippen molar-refractivity contribution in [1.29, 1.82) is 0 Å². The van der Waals surface area contributed by atoms with E-state index in [1.165, 1.54) is 13.1 Å². The van der Waals surface area contributed by atoms with Crippen LogP contribution in [0.3, 0.4) is 0 Å². The molecule has 1 aliphatic rings. The molecular weight excluding hydrogens is 427 g/mol. The van der Waals surface area contributed by atoms with Crippen molar-refractivity contribution < 1.29 is 17.9 Å². The lowest BCUT2D eigenvalue weighted by Gasteiger charge is -2.27. The first-order chi connectivity index (χ1) is 15.1. The number of nitrogens with one attached hydrogen (secondary N) is 1. The first-order valence-corrected chi connectivity index (χ1v) is 9.95. The highest BCUT2D eigenvalue weighted by Gasteiger charge is 2.31. The van der Waals surface area contributed by atoms with Crippen LogP contribution < -0.4 is 21.5 Å². The molecule has 0 aliphatic carbocycles. The summed E-state index contributed by atoms with van der Waals surface area (Å²) in [7, 11) is 1.47. The van der Waals surface area contributed by atoms with Gasteiger partial charge in [0.05, 0.1) is 30.2 Å². The van der Waals surface area contributed by atoms with Crippen molar-refractivity contribution in [2.45, 2.75) is 19.1 Å². The fourth-order valence-corrected chi connectivity index (χ4v) is 3.55. The second-order valence-corrected chi connectivity index (χ2v) is 7.59. The third-order valence-corrected chi connectivity index (χ3v) is 5.28. The normalized spacial score (nSPS) is 15.7. The number of nitrogens with zero attached hydrogens (tertiary/aromatic N) is 5. The second kappa shape index (κ2) is 8.26. The van der Waals surface area contributed by atoms with Gasteiger partial charge in [0.1, 0.15) is 0 Å². The minimum absolute atomic E-state index is 0.00206. The maximum atomic E-state index is 13.2. The zero-order valence-corrected chi connectivity index (χ0v) is 17.5. The molecule has 1 saturated heterocycles. The van der Waals surface area contributed by atoms with Crippen LogP contribution in [0.25, 0.3) is 10.9 Å². The number of anilines is 3.